The number of nitrogens with zero attached hydrogens (tertiary/aromatic N) is 3. The van der Waals surface area contributed by atoms with Crippen LogP contribution in [0.1, 0.15) is 19.8 Å². The molecule has 0 bridgehead atoms. The Morgan fingerprint density at radius 2 is 2.12 bits per heavy atom. The normalized spacial score (nSPS) is 16.3. The third-order valence-corrected chi connectivity index (χ3v) is 4.08. The number of amides is 2. The molecular weight excluding hydrogens is 320 g/mol. The predicted octanol–water partition coefficient (Wildman–Crippen LogP) is 1.59. The number of carbonyl (C=O) groups is 2. The maximum absolute atomic E-state index is 12.4. The number of fused-ring (bicyclic) bond motifs is 1. The minimum absolute atomic E-state index is 0.0649. The van der Waals surface area contributed by atoms with Gasteiger partial charge < -0.3 is 15.0 Å². The summed E-state index contributed by atoms with van der Waals surface area (Å²) in [5.74, 6) is 0.490. The van der Waals surface area contributed by atoms with E-state index >= 15 is 0 Å². The number of anilines is 1. The molecule has 3 rings (SSSR count). The van der Waals surface area contributed by atoms with Gasteiger partial charge in [0.2, 0.25) is 5.91 Å². The summed E-state index contributed by atoms with van der Waals surface area (Å²) < 4.78 is 7.43. The topological polar surface area (TPSA) is 76.5 Å². The lowest BCUT2D eigenvalue weighted by Crippen LogP contribution is -2.45. The van der Waals surface area contributed by atoms with Crippen molar-refractivity contribution in [3.63, 3.8) is 0 Å². The molecule has 1 aliphatic heterocycles. The molecule has 1 aromatic heterocycles. The molecule has 7 nitrogen and oxygen atoms in total. The molecule has 0 aliphatic carbocycles. The highest BCUT2D eigenvalue weighted by atomic mass is 16.5. The van der Waals surface area contributed by atoms with Crippen LogP contribution in [0.3, 0.4) is 0 Å². The van der Waals surface area contributed by atoms with Crippen molar-refractivity contribution in [3.05, 3.63) is 42.7 Å². The van der Waals surface area contributed by atoms with Gasteiger partial charge in [-0.15, -0.1) is 0 Å². The molecule has 1 aromatic carbocycles. The number of carbonyl (C=O) groups excluding carboxylic acids is 2. The molecule has 0 radical (unpaired) electrons. The lowest BCUT2D eigenvalue weighted by atomic mass is 10.1. The summed E-state index contributed by atoms with van der Waals surface area (Å²) in [5.41, 5.74) is 0.720. The highest BCUT2D eigenvalue weighted by Gasteiger charge is 2.31. The van der Waals surface area contributed by atoms with Crippen LogP contribution >= 0.6 is 0 Å². The molecule has 2 heterocycles. The summed E-state index contributed by atoms with van der Waals surface area (Å²) in [7, 11) is 0. The van der Waals surface area contributed by atoms with Crippen LogP contribution in [0.4, 0.5) is 5.69 Å². The van der Waals surface area contributed by atoms with Crippen LogP contribution < -0.4 is 15.0 Å². The largest absolute Gasteiger partial charge is 0.479 e. The van der Waals surface area contributed by atoms with E-state index in [-0.39, 0.29) is 18.2 Å². The Labute approximate surface area is 146 Å². The number of para-hydroxylation sites is 2. The Hall–Kier alpha value is -2.83. The molecule has 1 unspecified atom stereocenters. The fourth-order valence-corrected chi connectivity index (χ4v) is 2.79. The third-order valence-electron chi connectivity index (χ3n) is 4.08. The monoisotopic (exact) mass is 342 g/mol. The zero-order valence-corrected chi connectivity index (χ0v) is 14.2. The van der Waals surface area contributed by atoms with Gasteiger partial charge in [-0.1, -0.05) is 12.1 Å². The smallest absolute Gasteiger partial charge is 0.267 e. The van der Waals surface area contributed by atoms with Gasteiger partial charge in [-0.05, 0) is 31.5 Å². The molecule has 0 saturated heterocycles. The lowest BCUT2D eigenvalue weighted by Gasteiger charge is -2.32. The van der Waals surface area contributed by atoms with Crippen molar-refractivity contribution in [3.8, 4) is 5.75 Å². The summed E-state index contributed by atoms with van der Waals surface area (Å²) in [6.45, 7) is 3.41. The van der Waals surface area contributed by atoms with Crippen molar-refractivity contribution < 1.29 is 14.3 Å². The highest BCUT2D eigenvalue weighted by Crippen LogP contribution is 2.33. The zero-order chi connectivity index (χ0) is 17.6. The van der Waals surface area contributed by atoms with E-state index < -0.39 is 6.10 Å². The maximum Gasteiger partial charge on any atom is 0.267 e. The number of rotatable bonds is 7. The molecule has 132 valence electrons. The van der Waals surface area contributed by atoms with Gasteiger partial charge in [0.15, 0.2) is 6.10 Å². The Bertz CT molecular complexity index is 730. The first-order valence-corrected chi connectivity index (χ1v) is 8.46. The lowest BCUT2D eigenvalue weighted by molar-refractivity contribution is -0.125. The average molecular weight is 342 g/mol. The molecule has 1 aliphatic rings. The summed E-state index contributed by atoms with van der Waals surface area (Å²) in [5, 5.41) is 7.00. The van der Waals surface area contributed by atoms with Crippen molar-refractivity contribution in [1.82, 2.24) is 15.1 Å². The van der Waals surface area contributed by atoms with E-state index in [4.69, 9.17) is 4.74 Å². The first kappa shape index (κ1) is 17.0. The number of aryl methyl sites for hydroxylation is 1. The van der Waals surface area contributed by atoms with Crippen LogP contribution in [0.5, 0.6) is 5.75 Å². The number of aromatic nitrogens is 2. The second kappa shape index (κ2) is 7.83. The van der Waals surface area contributed by atoms with Crippen molar-refractivity contribution in [2.45, 2.75) is 32.4 Å². The molecule has 2 amide bonds. The molecular formula is C18H22N4O3. The van der Waals surface area contributed by atoms with E-state index in [1.54, 1.807) is 18.0 Å². The second-order valence-corrected chi connectivity index (χ2v) is 5.94. The van der Waals surface area contributed by atoms with E-state index in [0.29, 0.717) is 18.8 Å². The summed E-state index contributed by atoms with van der Waals surface area (Å²) >= 11 is 0. The quantitative estimate of drug-likeness (QED) is 0.776. The van der Waals surface area contributed by atoms with Crippen LogP contribution in [0.15, 0.2) is 42.7 Å². The van der Waals surface area contributed by atoms with Crippen LogP contribution in [-0.4, -0.2) is 40.8 Å². The van der Waals surface area contributed by atoms with Crippen LogP contribution in [0, 0.1) is 0 Å². The SMILES string of the molecule is CC1Oc2ccccc2N(CCC(=O)NCCCn2cccn2)C1=O. The van der Waals surface area contributed by atoms with E-state index in [9.17, 15) is 9.59 Å². The first-order chi connectivity index (χ1) is 12.1. The van der Waals surface area contributed by atoms with Crippen molar-refractivity contribution in [2.24, 2.45) is 0 Å². The minimum Gasteiger partial charge on any atom is -0.479 e. The van der Waals surface area contributed by atoms with E-state index in [1.807, 2.05) is 41.2 Å². The molecule has 0 saturated carbocycles. The number of hydrogen-bond donors (Lipinski definition) is 1. The fraction of sp³-hybridized carbons (Fsp3) is 0.389. The molecule has 0 fully saturated rings. The molecule has 2 aromatic rings. The van der Waals surface area contributed by atoms with Gasteiger partial charge in [-0.25, -0.2) is 0 Å². The Morgan fingerprint density at radius 1 is 1.28 bits per heavy atom. The zero-order valence-electron chi connectivity index (χ0n) is 14.2. The van der Waals surface area contributed by atoms with E-state index in [2.05, 4.69) is 10.4 Å². The van der Waals surface area contributed by atoms with E-state index in [0.717, 1.165) is 18.7 Å². The fourth-order valence-electron chi connectivity index (χ4n) is 2.79. The summed E-state index contributed by atoms with van der Waals surface area (Å²) in [6, 6.07) is 9.26. The highest BCUT2D eigenvalue weighted by molar-refractivity contribution is 6.00. The van der Waals surface area contributed by atoms with Gasteiger partial charge in [0, 0.05) is 38.4 Å². The van der Waals surface area contributed by atoms with Gasteiger partial charge in [0.25, 0.3) is 5.91 Å². The Morgan fingerprint density at radius 3 is 2.92 bits per heavy atom. The number of benzene rings is 1. The van der Waals surface area contributed by atoms with Crippen LogP contribution in [-0.2, 0) is 16.1 Å². The van der Waals surface area contributed by atoms with E-state index in [1.165, 1.54) is 0 Å². The molecule has 0 spiro atoms. The predicted molar refractivity (Wildman–Crippen MR) is 93.4 cm³/mol. The van der Waals surface area contributed by atoms with Gasteiger partial charge in [-0.3, -0.25) is 14.3 Å². The van der Waals surface area contributed by atoms with Crippen molar-refractivity contribution in [2.75, 3.05) is 18.0 Å². The Balaban J connectivity index is 1.47. The van der Waals surface area contributed by atoms with Gasteiger partial charge in [0.05, 0.1) is 5.69 Å². The van der Waals surface area contributed by atoms with Crippen molar-refractivity contribution in [1.29, 1.82) is 0 Å². The number of ether oxygens (including phenoxy) is 1. The maximum atomic E-state index is 12.4. The Kier molecular flexibility index (Phi) is 5.33. The van der Waals surface area contributed by atoms with Crippen molar-refractivity contribution >= 4 is 17.5 Å². The van der Waals surface area contributed by atoms with Crippen LogP contribution in [0.2, 0.25) is 0 Å². The summed E-state index contributed by atoms with van der Waals surface area (Å²) in [4.78, 5) is 26.0. The number of nitrogens with one attached hydrogen (secondary N) is 1. The second-order valence-electron chi connectivity index (χ2n) is 5.94. The third kappa shape index (κ3) is 4.17. The van der Waals surface area contributed by atoms with Gasteiger partial charge in [-0.2, -0.15) is 5.10 Å². The summed E-state index contributed by atoms with van der Waals surface area (Å²) in [6.07, 6.45) is 4.16. The molecule has 1 atom stereocenters. The standard InChI is InChI=1S/C18H22N4O3/c1-14-18(24)22(15-6-2-3-7-16(15)25-14)13-8-17(23)19-9-4-11-21-12-5-10-20-21/h2-3,5-7,10,12,14H,4,8-9,11,13H2,1H3,(H,19,23). The molecule has 25 heavy (non-hydrogen) atoms. The van der Waals surface area contributed by atoms with Crippen LogP contribution in [0.25, 0.3) is 0 Å². The average Bonchev–Trinajstić information content (AvgIpc) is 3.12. The van der Waals surface area contributed by atoms with Gasteiger partial charge >= 0.3 is 0 Å². The van der Waals surface area contributed by atoms with Gasteiger partial charge in [0.1, 0.15) is 5.75 Å². The first-order valence-electron chi connectivity index (χ1n) is 8.46. The number of hydrogen-bond acceptors (Lipinski definition) is 4. The molecule has 7 heteroatoms. The molecule has 1 N–H and O–H groups in total. The minimum atomic E-state index is -0.535.